The summed E-state index contributed by atoms with van der Waals surface area (Å²) in [6.07, 6.45) is 0.304. The van der Waals surface area contributed by atoms with Gasteiger partial charge < -0.3 is 9.47 Å². The van der Waals surface area contributed by atoms with E-state index in [0.29, 0.717) is 23.9 Å². The Morgan fingerprint density at radius 1 is 1.42 bits per heavy atom. The number of aromatic nitrogens is 3. The van der Waals surface area contributed by atoms with Crippen molar-refractivity contribution in [2.75, 3.05) is 13.6 Å². The summed E-state index contributed by atoms with van der Waals surface area (Å²) in [7, 11) is 3.48. The largest absolute Gasteiger partial charge is 0.344 e. The highest BCUT2D eigenvalue weighted by Gasteiger charge is 2.21. The van der Waals surface area contributed by atoms with E-state index in [4.69, 9.17) is 5.26 Å². The normalized spacial score (nSPS) is 11.8. The van der Waals surface area contributed by atoms with Gasteiger partial charge in [-0.25, -0.2) is 4.39 Å². The fourth-order valence-corrected chi connectivity index (χ4v) is 3.04. The SMILES string of the molecule is C[C@H](Sc1nnc(-c2ccc(F)cc2)n1C)C(=O)N(C)CCC#N. The summed E-state index contributed by atoms with van der Waals surface area (Å²) in [6, 6.07) is 8.03. The number of amides is 1. The molecule has 0 bridgehead atoms. The molecule has 0 saturated carbocycles. The molecule has 1 aromatic carbocycles. The van der Waals surface area contributed by atoms with E-state index >= 15 is 0 Å². The molecule has 1 atom stereocenters. The maximum atomic E-state index is 13.0. The van der Waals surface area contributed by atoms with E-state index in [-0.39, 0.29) is 17.0 Å². The van der Waals surface area contributed by atoms with E-state index in [0.717, 1.165) is 5.56 Å². The fraction of sp³-hybridized carbons (Fsp3) is 0.375. The maximum absolute atomic E-state index is 13.0. The number of hydrogen-bond acceptors (Lipinski definition) is 5. The zero-order valence-corrected chi connectivity index (χ0v) is 14.5. The molecule has 126 valence electrons. The van der Waals surface area contributed by atoms with Gasteiger partial charge in [-0.1, -0.05) is 11.8 Å². The Kier molecular flexibility index (Phi) is 5.93. The van der Waals surface area contributed by atoms with Crippen molar-refractivity contribution >= 4 is 17.7 Å². The fourth-order valence-electron chi connectivity index (χ4n) is 2.11. The summed E-state index contributed by atoms with van der Waals surface area (Å²) < 4.78 is 14.8. The zero-order chi connectivity index (χ0) is 17.7. The lowest BCUT2D eigenvalue weighted by Crippen LogP contribution is -2.34. The number of thioether (sulfide) groups is 1. The molecule has 0 aliphatic carbocycles. The second kappa shape index (κ2) is 7.93. The second-order valence-corrected chi connectivity index (χ2v) is 6.61. The standard InChI is InChI=1S/C16H18FN5OS/c1-11(15(23)21(2)10-4-9-18)24-16-20-19-14(22(16)3)12-5-7-13(17)8-6-12/h5-8,11H,4,10H2,1-3H3/t11-/m0/s1. The van der Waals surface area contributed by atoms with Gasteiger partial charge in [0.05, 0.1) is 17.7 Å². The monoisotopic (exact) mass is 347 g/mol. The molecule has 0 N–H and O–H groups in total. The molecule has 1 aromatic heterocycles. The molecule has 2 rings (SSSR count). The Labute approximate surface area is 144 Å². The Morgan fingerprint density at radius 2 is 2.08 bits per heavy atom. The van der Waals surface area contributed by atoms with Gasteiger partial charge in [-0.05, 0) is 31.2 Å². The molecule has 1 heterocycles. The number of rotatable bonds is 6. The molecule has 2 aromatic rings. The van der Waals surface area contributed by atoms with Crippen LogP contribution in [0.5, 0.6) is 0 Å². The highest BCUT2D eigenvalue weighted by Crippen LogP contribution is 2.26. The number of hydrogen-bond donors (Lipinski definition) is 0. The average Bonchev–Trinajstić information content (AvgIpc) is 2.93. The van der Waals surface area contributed by atoms with Gasteiger partial charge >= 0.3 is 0 Å². The van der Waals surface area contributed by atoms with Gasteiger partial charge in [0, 0.05) is 26.2 Å². The third-order valence-corrected chi connectivity index (χ3v) is 4.62. The molecule has 0 aliphatic heterocycles. The van der Waals surface area contributed by atoms with E-state index < -0.39 is 0 Å². The maximum Gasteiger partial charge on any atom is 0.235 e. The molecule has 0 aliphatic rings. The lowest BCUT2D eigenvalue weighted by Gasteiger charge is -2.19. The number of nitriles is 1. The molecule has 0 unspecified atom stereocenters. The Hall–Kier alpha value is -2.40. The van der Waals surface area contributed by atoms with E-state index in [2.05, 4.69) is 10.2 Å². The van der Waals surface area contributed by atoms with Crippen LogP contribution in [-0.2, 0) is 11.8 Å². The molecule has 0 radical (unpaired) electrons. The zero-order valence-electron chi connectivity index (χ0n) is 13.7. The van der Waals surface area contributed by atoms with Crippen LogP contribution in [0.4, 0.5) is 4.39 Å². The van der Waals surface area contributed by atoms with Gasteiger partial charge in [0.25, 0.3) is 0 Å². The van der Waals surface area contributed by atoms with Crippen LogP contribution in [0.2, 0.25) is 0 Å². The molecular weight excluding hydrogens is 329 g/mol. The van der Waals surface area contributed by atoms with E-state index in [1.807, 2.05) is 6.07 Å². The first-order valence-electron chi connectivity index (χ1n) is 7.38. The van der Waals surface area contributed by atoms with Crippen molar-refractivity contribution in [1.82, 2.24) is 19.7 Å². The van der Waals surface area contributed by atoms with Gasteiger partial charge in [0.1, 0.15) is 5.82 Å². The molecule has 0 spiro atoms. The first-order chi connectivity index (χ1) is 11.4. The van der Waals surface area contributed by atoms with Crippen LogP contribution >= 0.6 is 11.8 Å². The molecular formula is C16H18FN5OS. The van der Waals surface area contributed by atoms with E-state index in [1.165, 1.54) is 28.8 Å². The summed E-state index contributed by atoms with van der Waals surface area (Å²) in [5.41, 5.74) is 0.753. The van der Waals surface area contributed by atoms with Crippen molar-refractivity contribution in [2.24, 2.45) is 7.05 Å². The number of carbonyl (C=O) groups is 1. The van der Waals surface area contributed by atoms with Gasteiger partial charge in [-0.15, -0.1) is 10.2 Å². The summed E-state index contributed by atoms with van der Waals surface area (Å²) in [4.78, 5) is 13.8. The van der Waals surface area contributed by atoms with Gasteiger partial charge in [-0.3, -0.25) is 4.79 Å². The van der Waals surface area contributed by atoms with E-state index in [9.17, 15) is 9.18 Å². The quantitative estimate of drug-likeness (QED) is 0.751. The molecule has 0 saturated heterocycles. The highest BCUT2D eigenvalue weighted by molar-refractivity contribution is 8.00. The number of benzene rings is 1. The summed E-state index contributed by atoms with van der Waals surface area (Å²) in [5, 5.41) is 17.1. The number of nitrogens with zero attached hydrogens (tertiary/aromatic N) is 5. The summed E-state index contributed by atoms with van der Waals surface area (Å²) >= 11 is 1.30. The summed E-state index contributed by atoms with van der Waals surface area (Å²) in [5.74, 6) is 0.228. The molecule has 6 nitrogen and oxygen atoms in total. The van der Waals surface area contributed by atoms with Crippen LogP contribution in [0.15, 0.2) is 29.4 Å². The minimum absolute atomic E-state index is 0.0680. The predicted molar refractivity (Wildman–Crippen MR) is 89.6 cm³/mol. The van der Waals surface area contributed by atoms with Crippen LogP contribution in [0, 0.1) is 17.1 Å². The van der Waals surface area contributed by atoms with Crippen molar-refractivity contribution in [3.8, 4) is 17.5 Å². The van der Waals surface area contributed by atoms with Crippen molar-refractivity contribution < 1.29 is 9.18 Å². The van der Waals surface area contributed by atoms with Crippen LogP contribution < -0.4 is 0 Å². The van der Waals surface area contributed by atoms with E-state index in [1.54, 1.807) is 37.7 Å². The molecule has 24 heavy (non-hydrogen) atoms. The topological polar surface area (TPSA) is 74.8 Å². The van der Waals surface area contributed by atoms with Crippen molar-refractivity contribution in [2.45, 2.75) is 23.8 Å². The Morgan fingerprint density at radius 3 is 2.71 bits per heavy atom. The van der Waals surface area contributed by atoms with Crippen molar-refractivity contribution in [3.63, 3.8) is 0 Å². The minimum atomic E-state index is -0.349. The van der Waals surface area contributed by atoms with Gasteiger partial charge in [0.15, 0.2) is 11.0 Å². The number of halogens is 1. The molecule has 0 fully saturated rings. The summed E-state index contributed by atoms with van der Waals surface area (Å²) in [6.45, 7) is 2.20. The minimum Gasteiger partial charge on any atom is -0.344 e. The molecule has 8 heteroatoms. The first kappa shape index (κ1) is 17.9. The Balaban J connectivity index is 2.10. The smallest absolute Gasteiger partial charge is 0.235 e. The van der Waals surface area contributed by atoms with Crippen molar-refractivity contribution in [3.05, 3.63) is 30.1 Å². The second-order valence-electron chi connectivity index (χ2n) is 5.30. The van der Waals surface area contributed by atoms with Crippen LogP contribution in [0.3, 0.4) is 0 Å². The lowest BCUT2D eigenvalue weighted by atomic mass is 10.2. The lowest BCUT2D eigenvalue weighted by molar-refractivity contribution is -0.128. The first-order valence-corrected chi connectivity index (χ1v) is 8.26. The molecule has 1 amide bonds. The van der Waals surface area contributed by atoms with Crippen molar-refractivity contribution in [1.29, 1.82) is 5.26 Å². The van der Waals surface area contributed by atoms with Crippen LogP contribution in [0.1, 0.15) is 13.3 Å². The third-order valence-electron chi connectivity index (χ3n) is 3.50. The van der Waals surface area contributed by atoms with Gasteiger partial charge in [-0.2, -0.15) is 5.26 Å². The van der Waals surface area contributed by atoms with Gasteiger partial charge in [0.2, 0.25) is 5.91 Å². The predicted octanol–water partition coefficient (Wildman–Crippen LogP) is 2.47. The number of carbonyl (C=O) groups excluding carboxylic acids is 1. The van der Waals surface area contributed by atoms with Crippen LogP contribution in [-0.4, -0.2) is 44.4 Å². The highest BCUT2D eigenvalue weighted by atomic mass is 32.2. The average molecular weight is 347 g/mol. The van der Waals surface area contributed by atoms with Crippen LogP contribution in [0.25, 0.3) is 11.4 Å². The third kappa shape index (κ3) is 4.11. The Bertz CT molecular complexity index is 753.